The van der Waals surface area contributed by atoms with Gasteiger partial charge >= 0.3 is 0 Å². The third-order valence-corrected chi connectivity index (χ3v) is 4.35. The van der Waals surface area contributed by atoms with Crippen molar-refractivity contribution in [3.63, 3.8) is 0 Å². The minimum Gasteiger partial charge on any atom is -0.497 e. The molecule has 94 valence electrons. The summed E-state index contributed by atoms with van der Waals surface area (Å²) < 4.78 is 19.0. The lowest BCUT2D eigenvalue weighted by Crippen LogP contribution is -1.95. The van der Waals surface area contributed by atoms with Gasteiger partial charge in [0, 0.05) is 4.47 Å². The van der Waals surface area contributed by atoms with Crippen LogP contribution in [-0.2, 0) is 0 Å². The van der Waals surface area contributed by atoms with Crippen molar-refractivity contribution >= 4 is 31.9 Å². The first kappa shape index (κ1) is 13.6. The molecule has 0 heterocycles. The van der Waals surface area contributed by atoms with Gasteiger partial charge in [0.25, 0.3) is 0 Å². The van der Waals surface area contributed by atoms with Gasteiger partial charge in [-0.05, 0) is 35.4 Å². The summed E-state index contributed by atoms with van der Waals surface area (Å²) in [6.45, 7) is 0. The molecule has 0 fully saturated rings. The molecular formula is C14H11Br2FO. The van der Waals surface area contributed by atoms with E-state index in [1.54, 1.807) is 19.2 Å². The second-order valence-corrected chi connectivity index (χ2v) is 5.57. The summed E-state index contributed by atoms with van der Waals surface area (Å²) in [6.07, 6.45) is 0. The molecule has 0 aliphatic rings. The molecule has 2 aromatic rings. The third-order valence-electron chi connectivity index (χ3n) is 2.64. The average molecular weight is 374 g/mol. The van der Waals surface area contributed by atoms with Crippen molar-refractivity contribution < 1.29 is 9.13 Å². The van der Waals surface area contributed by atoms with Gasteiger partial charge in [0.05, 0.1) is 11.9 Å². The number of hydrogen-bond donors (Lipinski definition) is 0. The molecule has 0 saturated heterocycles. The van der Waals surface area contributed by atoms with Gasteiger partial charge < -0.3 is 4.74 Å². The van der Waals surface area contributed by atoms with Gasteiger partial charge in [-0.3, -0.25) is 0 Å². The molecule has 0 aliphatic carbocycles. The van der Waals surface area contributed by atoms with Crippen LogP contribution in [0.15, 0.2) is 46.9 Å². The predicted molar refractivity (Wildman–Crippen MR) is 77.9 cm³/mol. The summed E-state index contributed by atoms with van der Waals surface area (Å²) in [6, 6.07) is 12.2. The number of methoxy groups -OCH3 is 1. The fourth-order valence-electron chi connectivity index (χ4n) is 1.65. The van der Waals surface area contributed by atoms with Crippen molar-refractivity contribution in [1.29, 1.82) is 0 Å². The highest BCUT2D eigenvalue weighted by Crippen LogP contribution is 2.36. The molecule has 0 saturated carbocycles. The van der Waals surface area contributed by atoms with E-state index >= 15 is 0 Å². The van der Waals surface area contributed by atoms with Crippen LogP contribution < -0.4 is 4.74 Å². The fraction of sp³-hybridized carbons (Fsp3) is 0.143. The monoisotopic (exact) mass is 372 g/mol. The van der Waals surface area contributed by atoms with Gasteiger partial charge in [-0.2, -0.15) is 0 Å². The molecule has 4 heteroatoms. The van der Waals surface area contributed by atoms with E-state index in [1.165, 1.54) is 12.1 Å². The largest absolute Gasteiger partial charge is 0.497 e. The molecular weight excluding hydrogens is 363 g/mol. The van der Waals surface area contributed by atoms with E-state index in [0.717, 1.165) is 21.3 Å². The summed E-state index contributed by atoms with van der Waals surface area (Å²) >= 11 is 7.14. The van der Waals surface area contributed by atoms with Crippen molar-refractivity contribution in [3.05, 3.63) is 63.9 Å². The zero-order valence-electron chi connectivity index (χ0n) is 9.66. The molecule has 0 bridgehead atoms. The first-order chi connectivity index (χ1) is 8.61. The molecule has 0 spiro atoms. The van der Waals surface area contributed by atoms with Crippen molar-refractivity contribution in [3.8, 4) is 5.75 Å². The summed E-state index contributed by atoms with van der Waals surface area (Å²) in [5.41, 5.74) is 2.07. The van der Waals surface area contributed by atoms with Crippen molar-refractivity contribution in [1.82, 2.24) is 0 Å². The van der Waals surface area contributed by atoms with Gasteiger partial charge in [0.15, 0.2) is 0 Å². The smallest absolute Gasteiger partial charge is 0.123 e. The Labute approximate surface area is 122 Å². The maximum absolute atomic E-state index is 12.9. The van der Waals surface area contributed by atoms with E-state index < -0.39 is 0 Å². The number of halogens is 3. The molecule has 0 radical (unpaired) electrons. The topological polar surface area (TPSA) is 9.23 Å². The first-order valence-electron chi connectivity index (χ1n) is 5.35. The first-order valence-corrected chi connectivity index (χ1v) is 7.05. The highest BCUT2D eigenvalue weighted by atomic mass is 79.9. The molecule has 0 aliphatic heterocycles. The lowest BCUT2D eigenvalue weighted by atomic mass is 10.0. The van der Waals surface area contributed by atoms with Crippen LogP contribution in [0, 0.1) is 5.82 Å². The van der Waals surface area contributed by atoms with Crippen LogP contribution in [0.2, 0.25) is 0 Å². The second kappa shape index (κ2) is 5.85. The van der Waals surface area contributed by atoms with E-state index in [0.29, 0.717) is 0 Å². The van der Waals surface area contributed by atoms with Gasteiger partial charge in [0.2, 0.25) is 0 Å². The number of ether oxygens (including phenoxy) is 1. The standard InChI is InChI=1S/C14H11Br2FO/c1-18-11-6-7-12(13(15)8-11)14(16)9-2-4-10(17)5-3-9/h2-8,14H,1H3. The Hall–Kier alpha value is -0.870. The van der Waals surface area contributed by atoms with Crippen LogP contribution in [0.25, 0.3) is 0 Å². The van der Waals surface area contributed by atoms with E-state index in [9.17, 15) is 4.39 Å². The zero-order valence-corrected chi connectivity index (χ0v) is 12.8. The van der Waals surface area contributed by atoms with Crippen LogP contribution in [0.4, 0.5) is 4.39 Å². The van der Waals surface area contributed by atoms with Gasteiger partial charge in [-0.25, -0.2) is 4.39 Å². The summed E-state index contributed by atoms with van der Waals surface area (Å²) in [5, 5.41) is 0. The van der Waals surface area contributed by atoms with Crippen LogP contribution in [0.5, 0.6) is 5.75 Å². The van der Waals surface area contributed by atoms with Crippen LogP contribution in [0.1, 0.15) is 16.0 Å². The van der Waals surface area contributed by atoms with Crippen LogP contribution in [-0.4, -0.2) is 7.11 Å². The van der Waals surface area contributed by atoms with E-state index in [2.05, 4.69) is 31.9 Å². The van der Waals surface area contributed by atoms with Gasteiger partial charge in [-0.15, -0.1) is 0 Å². The Bertz CT molecular complexity index is 540. The van der Waals surface area contributed by atoms with E-state index in [-0.39, 0.29) is 10.6 Å². The second-order valence-electron chi connectivity index (χ2n) is 3.80. The molecule has 1 atom stereocenters. The average Bonchev–Trinajstić information content (AvgIpc) is 2.38. The lowest BCUT2D eigenvalue weighted by Gasteiger charge is -2.13. The number of rotatable bonds is 3. The maximum atomic E-state index is 12.9. The van der Waals surface area contributed by atoms with Crippen molar-refractivity contribution in [2.75, 3.05) is 7.11 Å². The molecule has 2 rings (SSSR count). The third kappa shape index (κ3) is 2.93. The van der Waals surface area contributed by atoms with E-state index in [1.807, 2.05) is 18.2 Å². The predicted octanol–water partition coefficient (Wildman–Crippen LogP) is 5.08. The number of benzene rings is 2. The Balaban J connectivity index is 2.33. The summed E-state index contributed by atoms with van der Waals surface area (Å²) in [5.74, 6) is 0.566. The summed E-state index contributed by atoms with van der Waals surface area (Å²) in [7, 11) is 1.63. The Morgan fingerprint density at radius 1 is 1.11 bits per heavy atom. The molecule has 18 heavy (non-hydrogen) atoms. The summed E-state index contributed by atoms with van der Waals surface area (Å²) in [4.78, 5) is 0.0124. The van der Waals surface area contributed by atoms with Crippen molar-refractivity contribution in [2.45, 2.75) is 4.83 Å². The normalized spacial score (nSPS) is 12.2. The number of alkyl halides is 1. The van der Waals surface area contributed by atoms with E-state index in [4.69, 9.17) is 4.74 Å². The zero-order chi connectivity index (χ0) is 13.1. The quantitative estimate of drug-likeness (QED) is 0.681. The molecule has 1 nitrogen and oxygen atoms in total. The van der Waals surface area contributed by atoms with Crippen LogP contribution in [0.3, 0.4) is 0 Å². The Kier molecular flexibility index (Phi) is 4.40. The molecule has 0 N–H and O–H groups in total. The lowest BCUT2D eigenvalue weighted by molar-refractivity contribution is 0.414. The van der Waals surface area contributed by atoms with Gasteiger partial charge in [0.1, 0.15) is 11.6 Å². The molecule has 2 aromatic carbocycles. The van der Waals surface area contributed by atoms with Gasteiger partial charge in [-0.1, -0.05) is 50.1 Å². The molecule has 0 aromatic heterocycles. The van der Waals surface area contributed by atoms with Crippen molar-refractivity contribution in [2.24, 2.45) is 0 Å². The molecule has 1 unspecified atom stereocenters. The minimum atomic E-state index is -0.229. The number of hydrogen-bond acceptors (Lipinski definition) is 1. The van der Waals surface area contributed by atoms with Crippen LogP contribution >= 0.6 is 31.9 Å². The molecule has 0 amide bonds. The Morgan fingerprint density at radius 2 is 1.78 bits per heavy atom. The fourth-order valence-corrected chi connectivity index (χ4v) is 3.25. The highest BCUT2D eigenvalue weighted by molar-refractivity contribution is 9.11. The highest BCUT2D eigenvalue weighted by Gasteiger charge is 2.14. The minimum absolute atomic E-state index is 0.0124. The maximum Gasteiger partial charge on any atom is 0.123 e. The Morgan fingerprint density at radius 3 is 2.33 bits per heavy atom. The SMILES string of the molecule is COc1ccc(C(Br)c2ccc(F)cc2)c(Br)c1.